The second-order valence-corrected chi connectivity index (χ2v) is 4.75. The first-order valence-corrected chi connectivity index (χ1v) is 5.45. The van der Waals surface area contributed by atoms with Gasteiger partial charge in [-0.3, -0.25) is 4.79 Å². The molecule has 0 atom stereocenters. The van der Waals surface area contributed by atoms with Crippen molar-refractivity contribution >= 4 is 11.7 Å². The van der Waals surface area contributed by atoms with Gasteiger partial charge in [0.05, 0.1) is 12.5 Å². The van der Waals surface area contributed by atoms with Crippen LogP contribution in [0, 0.1) is 5.41 Å². The molecule has 0 aliphatic heterocycles. The summed E-state index contributed by atoms with van der Waals surface area (Å²) in [6.45, 7) is 4.23. The Bertz CT molecular complexity index is 384. The van der Waals surface area contributed by atoms with Crippen molar-refractivity contribution in [2.75, 3.05) is 25.6 Å². The highest BCUT2D eigenvalue weighted by Crippen LogP contribution is 2.23. The van der Waals surface area contributed by atoms with Crippen molar-refractivity contribution in [1.82, 2.24) is 0 Å². The van der Waals surface area contributed by atoms with E-state index in [0.29, 0.717) is 6.54 Å². The van der Waals surface area contributed by atoms with Gasteiger partial charge in [0.15, 0.2) is 0 Å². The molecule has 0 aliphatic rings. The molecule has 0 aromatic heterocycles. The number of carbonyl (C=O) groups is 1. The predicted octanol–water partition coefficient (Wildman–Crippen LogP) is 2.03. The number of anilines is 1. The van der Waals surface area contributed by atoms with Gasteiger partial charge in [-0.25, -0.2) is 0 Å². The van der Waals surface area contributed by atoms with Crippen molar-refractivity contribution < 1.29 is 14.6 Å². The Labute approximate surface area is 102 Å². The minimum absolute atomic E-state index is 0.231. The topological polar surface area (TPSA) is 49.8 Å². The van der Waals surface area contributed by atoms with E-state index >= 15 is 0 Å². The summed E-state index contributed by atoms with van der Waals surface area (Å²) in [7, 11) is 3.29. The first kappa shape index (κ1) is 13.4. The molecule has 0 heterocycles. The van der Waals surface area contributed by atoms with E-state index in [1.54, 1.807) is 12.1 Å². The lowest BCUT2D eigenvalue weighted by Gasteiger charge is -2.29. The maximum Gasteiger partial charge on any atom is 0.313 e. The van der Waals surface area contributed by atoms with Crippen LogP contribution in [0.25, 0.3) is 0 Å². The van der Waals surface area contributed by atoms with E-state index in [-0.39, 0.29) is 11.7 Å². The number of methoxy groups -OCH3 is 1. The fourth-order valence-electron chi connectivity index (χ4n) is 1.73. The van der Waals surface area contributed by atoms with Gasteiger partial charge < -0.3 is 14.7 Å². The van der Waals surface area contributed by atoms with Gasteiger partial charge in [0, 0.05) is 19.3 Å². The highest BCUT2D eigenvalue weighted by molar-refractivity contribution is 5.76. The smallest absolute Gasteiger partial charge is 0.313 e. The Morgan fingerprint density at radius 1 is 1.35 bits per heavy atom. The lowest BCUT2D eigenvalue weighted by atomic mass is 9.93. The molecular formula is C13H19NO3. The molecule has 17 heavy (non-hydrogen) atoms. The summed E-state index contributed by atoms with van der Waals surface area (Å²) in [4.78, 5) is 13.5. The molecule has 1 aromatic carbocycles. The SMILES string of the molecule is COC(=O)C(C)(C)CN(C)c1ccc(O)cc1. The monoisotopic (exact) mass is 237 g/mol. The zero-order valence-corrected chi connectivity index (χ0v) is 10.7. The van der Waals surface area contributed by atoms with Crippen LogP contribution >= 0.6 is 0 Å². The van der Waals surface area contributed by atoms with Crippen LogP contribution in [0.2, 0.25) is 0 Å². The summed E-state index contributed by atoms with van der Waals surface area (Å²) < 4.78 is 4.77. The van der Waals surface area contributed by atoms with Crippen LogP contribution in [0.3, 0.4) is 0 Å². The lowest BCUT2D eigenvalue weighted by molar-refractivity contribution is -0.150. The number of rotatable bonds is 4. The third kappa shape index (κ3) is 3.37. The number of hydrogen-bond donors (Lipinski definition) is 1. The Balaban J connectivity index is 2.75. The summed E-state index contributed by atoms with van der Waals surface area (Å²) in [5.41, 5.74) is 0.376. The summed E-state index contributed by atoms with van der Waals surface area (Å²) in [5, 5.41) is 9.20. The second kappa shape index (κ2) is 5.08. The van der Waals surface area contributed by atoms with Crippen LogP contribution < -0.4 is 4.90 Å². The van der Waals surface area contributed by atoms with Gasteiger partial charge in [0.1, 0.15) is 5.75 Å². The van der Waals surface area contributed by atoms with Crippen LogP contribution in [-0.2, 0) is 9.53 Å². The van der Waals surface area contributed by atoms with E-state index in [0.717, 1.165) is 5.69 Å². The number of benzene rings is 1. The van der Waals surface area contributed by atoms with Gasteiger partial charge in [0.25, 0.3) is 0 Å². The van der Waals surface area contributed by atoms with E-state index in [2.05, 4.69) is 0 Å². The normalized spacial score (nSPS) is 11.1. The molecule has 0 aliphatic carbocycles. The average Bonchev–Trinajstić information content (AvgIpc) is 2.28. The van der Waals surface area contributed by atoms with E-state index in [1.807, 2.05) is 37.9 Å². The molecular weight excluding hydrogens is 218 g/mol. The largest absolute Gasteiger partial charge is 0.508 e. The van der Waals surface area contributed by atoms with Crippen LogP contribution in [0.1, 0.15) is 13.8 Å². The number of ether oxygens (including phenoxy) is 1. The van der Waals surface area contributed by atoms with Crippen LogP contribution in [-0.4, -0.2) is 31.8 Å². The molecule has 1 rings (SSSR count). The number of nitrogens with zero attached hydrogens (tertiary/aromatic N) is 1. The second-order valence-electron chi connectivity index (χ2n) is 4.75. The van der Waals surface area contributed by atoms with Crippen molar-refractivity contribution in [1.29, 1.82) is 0 Å². The van der Waals surface area contributed by atoms with Gasteiger partial charge in [-0.05, 0) is 38.1 Å². The molecule has 4 nitrogen and oxygen atoms in total. The van der Waals surface area contributed by atoms with E-state index in [1.165, 1.54) is 7.11 Å². The van der Waals surface area contributed by atoms with Crippen molar-refractivity contribution in [3.05, 3.63) is 24.3 Å². The molecule has 1 N–H and O–H groups in total. The van der Waals surface area contributed by atoms with Crippen LogP contribution in [0.5, 0.6) is 5.75 Å². The minimum atomic E-state index is -0.568. The quantitative estimate of drug-likeness (QED) is 0.814. The van der Waals surface area contributed by atoms with Crippen molar-refractivity contribution in [3.63, 3.8) is 0 Å². The molecule has 0 bridgehead atoms. The number of carbonyl (C=O) groups excluding carboxylic acids is 1. The number of phenolic OH excluding ortho intramolecular Hbond substituents is 1. The average molecular weight is 237 g/mol. The third-order valence-electron chi connectivity index (χ3n) is 2.66. The summed E-state index contributed by atoms with van der Waals surface area (Å²) in [6, 6.07) is 6.86. The summed E-state index contributed by atoms with van der Waals surface area (Å²) >= 11 is 0. The van der Waals surface area contributed by atoms with Gasteiger partial charge >= 0.3 is 5.97 Å². The van der Waals surface area contributed by atoms with Gasteiger partial charge in [-0.1, -0.05) is 0 Å². The molecule has 94 valence electrons. The van der Waals surface area contributed by atoms with Crippen molar-refractivity contribution in [2.24, 2.45) is 5.41 Å². The number of phenols is 1. The van der Waals surface area contributed by atoms with E-state index in [4.69, 9.17) is 4.74 Å². The van der Waals surface area contributed by atoms with Crippen molar-refractivity contribution in [3.8, 4) is 5.75 Å². The molecule has 4 heteroatoms. The first-order chi connectivity index (χ1) is 7.86. The van der Waals surface area contributed by atoms with Gasteiger partial charge in [0.2, 0.25) is 0 Å². The van der Waals surface area contributed by atoms with Crippen molar-refractivity contribution in [2.45, 2.75) is 13.8 Å². The number of esters is 1. The Morgan fingerprint density at radius 2 is 1.88 bits per heavy atom. The zero-order chi connectivity index (χ0) is 13.1. The molecule has 0 spiro atoms. The Morgan fingerprint density at radius 3 is 2.35 bits per heavy atom. The highest BCUT2D eigenvalue weighted by atomic mass is 16.5. The predicted molar refractivity (Wildman–Crippen MR) is 67.2 cm³/mol. The van der Waals surface area contributed by atoms with Crippen LogP contribution in [0.4, 0.5) is 5.69 Å². The minimum Gasteiger partial charge on any atom is -0.508 e. The van der Waals surface area contributed by atoms with Crippen LogP contribution in [0.15, 0.2) is 24.3 Å². The molecule has 0 saturated carbocycles. The number of aromatic hydroxyl groups is 1. The molecule has 0 amide bonds. The molecule has 0 saturated heterocycles. The lowest BCUT2D eigenvalue weighted by Crippen LogP contribution is -2.38. The molecule has 1 aromatic rings. The van der Waals surface area contributed by atoms with Gasteiger partial charge in [-0.15, -0.1) is 0 Å². The summed E-state index contributed by atoms with van der Waals surface area (Å²) in [6.07, 6.45) is 0. The molecule has 0 unspecified atom stereocenters. The van der Waals surface area contributed by atoms with E-state index in [9.17, 15) is 9.90 Å². The van der Waals surface area contributed by atoms with Gasteiger partial charge in [-0.2, -0.15) is 0 Å². The first-order valence-electron chi connectivity index (χ1n) is 5.45. The Kier molecular flexibility index (Phi) is 3.99. The molecule has 0 fully saturated rings. The zero-order valence-electron chi connectivity index (χ0n) is 10.7. The maximum atomic E-state index is 11.6. The fourth-order valence-corrected chi connectivity index (χ4v) is 1.73. The summed E-state index contributed by atoms with van der Waals surface area (Å²) in [5.74, 6) is -0.00231. The maximum absolute atomic E-state index is 11.6. The van der Waals surface area contributed by atoms with E-state index < -0.39 is 5.41 Å². The molecule has 0 radical (unpaired) electrons. The number of hydrogen-bond acceptors (Lipinski definition) is 4. The fraction of sp³-hybridized carbons (Fsp3) is 0.462. The third-order valence-corrected chi connectivity index (χ3v) is 2.66. The highest BCUT2D eigenvalue weighted by Gasteiger charge is 2.30. The standard InChI is InChI=1S/C13H19NO3/c1-13(2,12(16)17-4)9-14(3)10-5-7-11(15)8-6-10/h5-8,15H,9H2,1-4H3. The Hall–Kier alpha value is -1.71.